The molecule has 0 atom stereocenters. The highest BCUT2D eigenvalue weighted by Crippen LogP contribution is 2.23. The number of carbonyl (C=O) groups is 2. The molecule has 2 amide bonds. The molecule has 1 aromatic carbocycles. The number of aryl methyl sites for hydroxylation is 1. The summed E-state index contributed by atoms with van der Waals surface area (Å²) in [6.45, 7) is 0.763. The molecule has 3 rings (SSSR count). The smallest absolute Gasteiger partial charge is 0.234 e. The summed E-state index contributed by atoms with van der Waals surface area (Å²) >= 11 is 1.33. The number of anilines is 2. The first-order chi connectivity index (χ1) is 11.1. The summed E-state index contributed by atoms with van der Waals surface area (Å²) in [5.74, 6) is 0.309. The Kier molecular flexibility index (Phi) is 4.61. The van der Waals surface area contributed by atoms with Gasteiger partial charge in [0.05, 0.1) is 5.75 Å². The van der Waals surface area contributed by atoms with Gasteiger partial charge in [-0.2, -0.15) is 0 Å². The molecule has 7 nitrogen and oxygen atoms in total. The minimum absolute atomic E-state index is 0.108. The minimum Gasteiger partial charge on any atom is -0.325 e. The van der Waals surface area contributed by atoms with Crippen LogP contribution in [0, 0.1) is 0 Å². The first kappa shape index (κ1) is 15.5. The van der Waals surface area contributed by atoms with E-state index in [1.165, 1.54) is 11.8 Å². The Balaban J connectivity index is 1.54. The lowest BCUT2D eigenvalue weighted by atomic mass is 10.2. The van der Waals surface area contributed by atoms with Gasteiger partial charge in [-0.05, 0) is 30.7 Å². The Hall–Kier alpha value is -2.35. The second-order valence-electron chi connectivity index (χ2n) is 5.26. The highest BCUT2D eigenvalue weighted by atomic mass is 32.2. The van der Waals surface area contributed by atoms with Crippen LogP contribution in [0.15, 0.2) is 35.7 Å². The van der Waals surface area contributed by atoms with Gasteiger partial charge in [0.1, 0.15) is 6.33 Å². The van der Waals surface area contributed by atoms with Crippen LogP contribution in [0.1, 0.15) is 12.8 Å². The zero-order chi connectivity index (χ0) is 16.2. The summed E-state index contributed by atoms with van der Waals surface area (Å²) in [6.07, 6.45) is 3.10. The predicted molar refractivity (Wildman–Crippen MR) is 88.4 cm³/mol. The fourth-order valence-electron chi connectivity index (χ4n) is 2.38. The van der Waals surface area contributed by atoms with Crippen LogP contribution >= 0.6 is 11.8 Å². The van der Waals surface area contributed by atoms with Crippen molar-refractivity contribution < 1.29 is 9.59 Å². The quantitative estimate of drug-likeness (QED) is 0.843. The summed E-state index contributed by atoms with van der Waals surface area (Å²) in [4.78, 5) is 25.4. The Morgan fingerprint density at radius 2 is 2.13 bits per heavy atom. The average molecular weight is 331 g/mol. The first-order valence-corrected chi connectivity index (χ1v) is 8.29. The molecule has 0 spiro atoms. The van der Waals surface area contributed by atoms with Gasteiger partial charge in [-0.25, -0.2) is 0 Å². The molecule has 0 radical (unpaired) electrons. The van der Waals surface area contributed by atoms with E-state index in [1.54, 1.807) is 15.8 Å². The second-order valence-corrected chi connectivity index (χ2v) is 6.20. The van der Waals surface area contributed by atoms with Gasteiger partial charge < -0.3 is 14.8 Å². The number of carbonyl (C=O) groups excluding carboxylic acids is 2. The molecule has 1 fully saturated rings. The van der Waals surface area contributed by atoms with E-state index in [9.17, 15) is 9.59 Å². The topological polar surface area (TPSA) is 80.1 Å². The number of hydrogen-bond acceptors (Lipinski definition) is 5. The van der Waals surface area contributed by atoms with Crippen molar-refractivity contribution in [2.24, 2.45) is 7.05 Å². The Bertz CT molecular complexity index is 713. The van der Waals surface area contributed by atoms with Crippen molar-refractivity contribution in [1.82, 2.24) is 14.8 Å². The third-order valence-corrected chi connectivity index (χ3v) is 4.57. The fourth-order valence-corrected chi connectivity index (χ4v) is 3.06. The van der Waals surface area contributed by atoms with Gasteiger partial charge in [0, 0.05) is 31.4 Å². The van der Waals surface area contributed by atoms with E-state index in [-0.39, 0.29) is 17.6 Å². The van der Waals surface area contributed by atoms with Gasteiger partial charge in [0.15, 0.2) is 5.16 Å². The van der Waals surface area contributed by atoms with E-state index in [0.29, 0.717) is 17.3 Å². The molecule has 23 heavy (non-hydrogen) atoms. The standard InChI is InChI=1S/C15H17N5O2S/c1-19-10-16-18-15(19)23-9-13(21)17-11-4-6-12(7-5-11)20-8-2-3-14(20)22/h4-7,10H,2-3,8-9H2,1H3,(H,17,21). The normalized spacial score (nSPS) is 14.3. The average Bonchev–Trinajstić information content (AvgIpc) is 3.14. The largest absolute Gasteiger partial charge is 0.325 e. The molecular formula is C15H17N5O2S. The van der Waals surface area contributed by atoms with Crippen LogP contribution in [-0.2, 0) is 16.6 Å². The van der Waals surface area contributed by atoms with Crippen LogP contribution < -0.4 is 10.2 Å². The van der Waals surface area contributed by atoms with Crippen LogP contribution in [0.5, 0.6) is 0 Å². The molecular weight excluding hydrogens is 314 g/mol. The monoisotopic (exact) mass is 331 g/mol. The van der Waals surface area contributed by atoms with E-state index in [0.717, 1.165) is 18.7 Å². The Morgan fingerprint density at radius 1 is 1.35 bits per heavy atom. The molecule has 1 saturated heterocycles. The number of nitrogens with zero attached hydrogens (tertiary/aromatic N) is 4. The molecule has 1 aliphatic rings. The van der Waals surface area contributed by atoms with E-state index < -0.39 is 0 Å². The molecule has 120 valence electrons. The van der Waals surface area contributed by atoms with Crippen LogP contribution in [0.3, 0.4) is 0 Å². The van der Waals surface area contributed by atoms with Crippen LogP contribution in [0.4, 0.5) is 11.4 Å². The number of rotatable bonds is 5. The fraction of sp³-hybridized carbons (Fsp3) is 0.333. The summed E-state index contributed by atoms with van der Waals surface area (Å²) < 4.78 is 1.76. The van der Waals surface area contributed by atoms with Gasteiger partial charge in [0.25, 0.3) is 0 Å². The van der Waals surface area contributed by atoms with E-state index >= 15 is 0 Å². The van der Waals surface area contributed by atoms with Crippen molar-refractivity contribution in [3.05, 3.63) is 30.6 Å². The van der Waals surface area contributed by atoms with Crippen molar-refractivity contribution in [1.29, 1.82) is 0 Å². The third-order valence-electron chi connectivity index (χ3n) is 3.54. The summed E-state index contributed by atoms with van der Waals surface area (Å²) in [5, 5.41) is 11.2. The molecule has 1 aromatic heterocycles. The van der Waals surface area contributed by atoms with E-state index in [2.05, 4.69) is 15.5 Å². The maximum Gasteiger partial charge on any atom is 0.234 e. The van der Waals surface area contributed by atoms with Gasteiger partial charge in [0.2, 0.25) is 11.8 Å². The Morgan fingerprint density at radius 3 is 2.74 bits per heavy atom. The third kappa shape index (κ3) is 3.70. The minimum atomic E-state index is -0.108. The second kappa shape index (κ2) is 6.82. The number of nitrogens with one attached hydrogen (secondary N) is 1. The van der Waals surface area contributed by atoms with Crippen LogP contribution in [0.25, 0.3) is 0 Å². The van der Waals surface area contributed by atoms with Gasteiger partial charge in [-0.3, -0.25) is 9.59 Å². The highest BCUT2D eigenvalue weighted by molar-refractivity contribution is 7.99. The van der Waals surface area contributed by atoms with Crippen molar-refractivity contribution in [2.75, 3.05) is 22.5 Å². The lowest BCUT2D eigenvalue weighted by Crippen LogP contribution is -2.23. The highest BCUT2D eigenvalue weighted by Gasteiger charge is 2.21. The van der Waals surface area contributed by atoms with Crippen molar-refractivity contribution in [2.45, 2.75) is 18.0 Å². The van der Waals surface area contributed by atoms with Gasteiger partial charge in [-0.1, -0.05) is 11.8 Å². The van der Waals surface area contributed by atoms with Crippen LogP contribution in [-0.4, -0.2) is 38.9 Å². The zero-order valence-electron chi connectivity index (χ0n) is 12.7. The summed E-state index contributed by atoms with van der Waals surface area (Å²) in [5.41, 5.74) is 1.59. The maximum absolute atomic E-state index is 12.0. The zero-order valence-corrected chi connectivity index (χ0v) is 13.5. The van der Waals surface area contributed by atoms with Gasteiger partial charge in [-0.15, -0.1) is 10.2 Å². The van der Waals surface area contributed by atoms with Gasteiger partial charge >= 0.3 is 0 Å². The molecule has 1 aliphatic heterocycles. The molecule has 8 heteroatoms. The van der Waals surface area contributed by atoms with Crippen molar-refractivity contribution in [3.63, 3.8) is 0 Å². The molecule has 0 unspecified atom stereocenters. The number of benzene rings is 1. The predicted octanol–water partition coefficient (Wildman–Crippen LogP) is 1.67. The first-order valence-electron chi connectivity index (χ1n) is 7.30. The number of thioether (sulfide) groups is 1. The molecule has 0 bridgehead atoms. The molecule has 2 aromatic rings. The number of aromatic nitrogens is 3. The summed E-state index contributed by atoms with van der Waals surface area (Å²) in [6, 6.07) is 7.33. The maximum atomic E-state index is 12.0. The van der Waals surface area contributed by atoms with Crippen LogP contribution in [0.2, 0.25) is 0 Å². The lowest BCUT2D eigenvalue weighted by Gasteiger charge is -2.16. The SMILES string of the molecule is Cn1cnnc1SCC(=O)Nc1ccc(N2CCCC2=O)cc1. The van der Waals surface area contributed by atoms with E-state index in [4.69, 9.17) is 0 Å². The molecule has 0 aliphatic carbocycles. The molecule has 2 heterocycles. The van der Waals surface area contributed by atoms with Crippen molar-refractivity contribution in [3.8, 4) is 0 Å². The number of amides is 2. The molecule has 1 N–H and O–H groups in total. The molecule has 0 saturated carbocycles. The van der Waals surface area contributed by atoms with E-state index in [1.807, 2.05) is 31.3 Å². The Labute approximate surface area is 138 Å². The summed E-state index contributed by atoms with van der Waals surface area (Å²) in [7, 11) is 1.83. The van der Waals surface area contributed by atoms with Crippen molar-refractivity contribution >= 4 is 35.0 Å². The lowest BCUT2D eigenvalue weighted by molar-refractivity contribution is -0.117. The number of hydrogen-bond donors (Lipinski definition) is 1.